The molecule has 3 rings (SSSR count). The Balaban J connectivity index is 1.54. The third-order valence-corrected chi connectivity index (χ3v) is 4.89. The Bertz CT molecular complexity index is 876. The van der Waals surface area contributed by atoms with Crippen molar-refractivity contribution in [3.63, 3.8) is 0 Å². The van der Waals surface area contributed by atoms with E-state index in [1.807, 2.05) is 48.5 Å². The van der Waals surface area contributed by atoms with Gasteiger partial charge in [0, 0.05) is 5.75 Å². The van der Waals surface area contributed by atoms with Crippen molar-refractivity contribution in [2.75, 3.05) is 25.3 Å². The van der Waals surface area contributed by atoms with Gasteiger partial charge in [0.25, 0.3) is 0 Å². The summed E-state index contributed by atoms with van der Waals surface area (Å²) in [5.74, 6) is 2.83. The predicted octanol–water partition coefficient (Wildman–Crippen LogP) is 4.23. The molecule has 27 heavy (non-hydrogen) atoms. The molecule has 1 amide bonds. The highest BCUT2D eigenvalue weighted by molar-refractivity contribution is 7.99. The largest absolute Gasteiger partial charge is 0.497 e. The normalized spacial score (nSPS) is 10.4. The monoisotopic (exact) mass is 384 g/mol. The zero-order valence-corrected chi connectivity index (χ0v) is 15.9. The van der Waals surface area contributed by atoms with Crippen molar-refractivity contribution in [1.29, 1.82) is 0 Å². The summed E-state index contributed by atoms with van der Waals surface area (Å²) in [5, 5.41) is 6.58. The first kappa shape index (κ1) is 18.8. The summed E-state index contributed by atoms with van der Waals surface area (Å²) in [6.07, 6.45) is 1.59. The topological polar surface area (TPSA) is 73.6 Å². The molecule has 6 nitrogen and oxygen atoms in total. The molecule has 0 aliphatic rings. The maximum Gasteiger partial charge on any atom is 0.239 e. The lowest BCUT2D eigenvalue weighted by molar-refractivity contribution is -0.113. The van der Waals surface area contributed by atoms with Crippen molar-refractivity contribution in [3.8, 4) is 22.6 Å². The van der Waals surface area contributed by atoms with Crippen molar-refractivity contribution >= 4 is 23.6 Å². The Kier molecular flexibility index (Phi) is 6.38. The number of nitrogens with one attached hydrogen (secondary N) is 1. The van der Waals surface area contributed by atoms with Gasteiger partial charge >= 0.3 is 0 Å². The molecule has 0 saturated heterocycles. The van der Waals surface area contributed by atoms with Crippen molar-refractivity contribution in [2.24, 2.45) is 0 Å². The van der Waals surface area contributed by atoms with Gasteiger partial charge in [-0.1, -0.05) is 29.4 Å². The van der Waals surface area contributed by atoms with Crippen LogP contribution in [0.2, 0.25) is 0 Å². The summed E-state index contributed by atoms with van der Waals surface area (Å²) in [5.41, 5.74) is 2.75. The van der Waals surface area contributed by atoms with E-state index in [0.29, 0.717) is 11.6 Å². The Hall–Kier alpha value is -2.93. The van der Waals surface area contributed by atoms with Crippen LogP contribution in [-0.2, 0) is 10.5 Å². The molecule has 2 aromatic carbocycles. The Morgan fingerprint density at radius 1 is 1.04 bits per heavy atom. The molecule has 0 saturated carbocycles. The molecule has 1 aromatic heterocycles. The van der Waals surface area contributed by atoms with Crippen LogP contribution < -0.4 is 14.8 Å². The van der Waals surface area contributed by atoms with Crippen LogP contribution in [0, 0.1) is 0 Å². The van der Waals surface area contributed by atoms with Gasteiger partial charge in [0.05, 0.1) is 31.7 Å². The van der Waals surface area contributed by atoms with E-state index in [0.717, 1.165) is 33.9 Å². The molecule has 3 aromatic rings. The van der Waals surface area contributed by atoms with Crippen molar-refractivity contribution in [1.82, 2.24) is 5.16 Å². The van der Waals surface area contributed by atoms with Gasteiger partial charge in [0.1, 0.15) is 11.5 Å². The number of hydrogen-bond donors (Lipinski definition) is 1. The number of benzene rings is 2. The van der Waals surface area contributed by atoms with Crippen LogP contribution in [0.5, 0.6) is 11.5 Å². The van der Waals surface area contributed by atoms with Crippen LogP contribution >= 0.6 is 11.8 Å². The number of anilines is 1. The molecule has 0 aliphatic heterocycles. The highest BCUT2D eigenvalue weighted by Gasteiger charge is 2.13. The van der Waals surface area contributed by atoms with Gasteiger partial charge in [-0.25, -0.2) is 0 Å². The van der Waals surface area contributed by atoms with Gasteiger partial charge in [-0.2, -0.15) is 0 Å². The van der Waals surface area contributed by atoms with E-state index < -0.39 is 0 Å². The van der Waals surface area contributed by atoms with Crippen molar-refractivity contribution < 1.29 is 18.8 Å². The highest BCUT2D eigenvalue weighted by Crippen LogP contribution is 2.29. The molecule has 7 heteroatoms. The van der Waals surface area contributed by atoms with Gasteiger partial charge in [-0.15, -0.1) is 11.8 Å². The zero-order chi connectivity index (χ0) is 19.1. The van der Waals surface area contributed by atoms with Crippen LogP contribution in [0.25, 0.3) is 11.1 Å². The lowest BCUT2D eigenvalue weighted by Crippen LogP contribution is -2.14. The molecular formula is C20H20N2O4S. The van der Waals surface area contributed by atoms with Crippen molar-refractivity contribution in [3.05, 3.63) is 60.3 Å². The number of hydrogen-bond acceptors (Lipinski definition) is 6. The second-order valence-electron chi connectivity index (χ2n) is 5.69. The molecule has 1 N–H and O–H groups in total. The van der Waals surface area contributed by atoms with Gasteiger partial charge in [0.15, 0.2) is 0 Å². The van der Waals surface area contributed by atoms with Crippen molar-refractivity contribution in [2.45, 2.75) is 5.75 Å². The zero-order valence-electron chi connectivity index (χ0n) is 15.1. The average Bonchev–Trinajstić information content (AvgIpc) is 3.16. The summed E-state index contributed by atoms with van der Waals surface area (Å²) in [7, 11) is 3.25. The molecule has 0 spiro atoms. The molecular weight excluding hydrogens is 364 g/mol. The quantitative estimate of drug-likeness (QED) is 0.626. The van der Waals surface area contributed by atoms with E-state index in [1.54, 1.807) is 20.4 Å². The second kappa shape index (κ2) is 9.14. The Labute approximate surface area is 161 Å². The maximum absolute atomic E-state index is 12.2. The average molecular weight is 384 g/mol. The van der Waals surface area contributed by atoms with Crippen LogP contribution in [0.3, 0.4) is 0 Å². The van der Waals surface area contributed by atoms with E-state index in [1.165, 1.54) is 11.8 Å². The van der Waals surface area contributed by atoms with Crippen LogP contribution in [0.15, 0.2) is 59.3 Å². The minimum atomic E-state index is -0.139. The number of amides is 1. The molecule has 140 valence electrons. The lowest BCUT2D eigenvalue weighted by Gasteiger charge is -2.06. The Morgan fingerprint density at radius 3 is 2.30 bits per heavy atom. The molecule has 1 heterocycles. The number of rotatable bonds is 8. The maximum atomic E-state index is 12.2. The molecule has 0 atom stereocenters. The van der Waals surface area contributed by atoms with Crippen LogP contribution in [0.1, 0.15) is 5.56 Å². The number of ether oxygens (including phenoxy) is 2. The summed E-state index contributed by atoms with van der Waals surface area (Å²) in [6, 6.07) is 15.3. The first-order chi connectivity index (χ1) is 13.2. The minimum Gasteiger partial charge on any atom is -0.497 e. The highest BCUT2D eigenvalue weighted by atomic mass is 32.2. The van der Waals surface area contributed by atoms with E-state index in [4.69, 9.17) is 14.0 Å². The summed E-state index contributed by atoms with van der Waals surface area (Å²) >= 11 is 1.52. The number of thioether (sulfide) groups is 1. The first-order valence-electron chi connectivity index (χ1n) is 8.29. The van der Waals surface area contributed by atoms with E-state index in [9.17, 15) is 4.79 Å². The fourth-order valence-corrected chi connectivity index (χ4v) is 3.24. The van der Waals surface area contributed by atoms with Gasteiger partial charge in [0.2, 0.25) is 11.8 Å². The predicted molar refractivity (Wildman–Crippen MR) is 106 cm³/mol. The van der Waals surface area contributed by atoms with E-state index >= 15 is 0 Å². The number of methoxy groups -OCH3 is 2. The fraction of sp³-hybridized carbons (Fsp3) is 0.200. The molecule has 0 aliphatic carbocycles. The molecule has 0 radical (unpaired) electrons. The third-order valence-electron chi connectivity index (χ3n) is 3.89. The lowest BCUT2D eigenvalue weighted by atomic mass is 10.1. The fourth-order valence-electron chi connectivity index (χ4n) is 2.45. The second-order valence-corrected chi connectivity index (χ2v) is 6.67. The van der Waals surface area contributed by atoms with Crippen LogP contribution in [-0.4, -0.2) is 31.0 Å². The SMILES string of the molecule is COc1ccc(CSCC(=O)Nc2oncc2-c2ccc(OC)cc2)cc1. The summed E-state index contributed by atoms with van der Waals surface area (Å²) in [4.78, 5) is 12.2. The molecule has 0 unspecified atom stereocenters. The summed E-state index contributed by atoms with van der Waals surface area (Å²) < 4.78 is 15.5. The number of aromatic nitrogens is 1. The van der Waals surface area contributed by atoms with Crippen LogP contribution in [0.4, 0.5) is 5.88 Å². The van der Waals surface area contributed by atoms with Gasteiger partial charge in [-0.05, 0) is 35.4 Å². The number of nitrogens with zero attached hydrogens (tertiary/aromatic N) is 1. The van der Waals surface area contributed by atoms with Gasteiger partial charge < -0.3 is 14.0 Å². The molecule has 0 fully saturated rings. The number of carbonyl (C=O) groups excluding carboxylic acids is 1. The van der Waals surface area contributed by atoms with E-state index in [-0.39, 0.29) is 5.91 Å². The smallest absolute Gasteiger partial charge is 0.239 e. The first-order valence-corrected chi connectivity index (χ1v) is 9.44. The minimum absolute atomic E-state index is 0.139. The van der Waals surface area contributed by atoms with Gasteiger partial charge in [-0.3, -0.25) is 10.1 Å². The Morgan fingerprint density at radius 2 is 1.67 bits per heavy atom. The standard InChI is InChI=1S/C20H20N2O4S/c1-24-16-7-3-14(4-8-16)12-27-13-19(23)22-20-18(11-21-26-20)15-5-9-17(25-2)10-6-15/h3-11H,12-13H2,1-2H3,(H,22,23). The number of carbonyl (C=O) groups is 1. The third kappa shape index (κ3) is 5.04. The molecule has 0 bridgehead atoms. The summed E-state index contributed by atoms with van der Waals surface area (Å²) in [6.45, 7) is 0. The van der Waals surface area contributed by atoms with E-state index in [2.05, 4.69) is 10.5 Å².